The second-order valence-electron chi connectivity index (χ2n) is 6.26. The van der Waals surface area contributed by atoms with Crippen LogP contribution in [0.5, 0.6) is 5.75 Å². The number of fused-ring (bicyclic) bond motifs is 1. The van der Waals surface area contributed by atoms with Gasteiger partial charge in [0, 0.05) is 29.9 Å². The first-order valence-electron chi connectivity index (χ1n) is 7.47. The molecule has 2 aliphatic heterocycles. The van der Waals surface area contributed by atoms with Crippen molar-refractivity contribution in [3.8, 4) is 5.75 Å². The molecule has 0 bridgehead atoms. The molecule has 2 atom stereocenters. The molecule has 0 spiro atoms. The second-order valence-corrected chi connectivity index (χ2v) is 6.26. The van der Waals surface area contributed by atoms with Gasteiger partial charge < -0.3 is 15.2 Å². The van der Waals surface area contributed by atoms with E-state index in [2.05, 4.69) is 18.7 Å². The average molecular weight is 276 g/mol. The van der Waals surface area contributed by atoms with Crippen LogP contribution in [0.4, 0.5) is 5.69 Å². The lowest BCUT2D eigenvalue weighted by Crippen LogP contribution is -2.38. The van der Waals surface area contributed by atoms with Crippen LogP contribution in [0.1, 0.15) is 31.4 Å². The highest BCUT2D eigenvalue weighted by molar-refractivity contribution is 5.53. The molecule has 1 fully saturated rings. The SMILES string of the molecule is CC1CCN(Cc2cc(N)cc3c2OCOC3)CC1C. The van der Waals surface area contributed by atoms with E-state index >= 15 is 0 Å². The maximum atomic E-state index is 6.01. The largest absolute Gasteiger partial charge is 0.467 e. The predicted octanol–water partition coefficient (Wildman–Crippen LogP) is 2.61. The molecular weight excluding hydrogens is 252 g/mol. The van der Waals surface area contributed by atoms with Crippen molar-refractivity contribution in [1.82, 2.24) is 4.90 Å². The van der Waals surface area contributed by atoms with Crippen LogP contribution in [0.25, 0.3) is 0 Å². The lowest BCUT2D eigenvalue weighted by molar-refractivity contribution is -0.0176. The number of benzene rings is 1. The van der Waals surface area contributed by atoms with Gasteiger partial charge in [-0.15, -0.1) is 0 Å². The number of nitrogen functional groups attached to an aromatic ring is 1. The lowest BCUT2D eigenvalue weighted by atomic mass is 9.88. The third-order valence-corrected chi connectivity index (χ3v) is 4.62. The van der Waals surface area contributed by atoms with Crippen LogP contribution < -0.4 is 10.5 Å². The van der Waals surface area contributed by atoms with Gasteiger partial charge in [-0.05, 0) is 36.9 Å². The number of anilines is 1. The van der Waals surface area contributed by atoms with Gasteiger partial charge in [-0.3, -0.25) is 4.90 Å². The Kier molecular flexibility index (Phi) is 3.85. The molecule has 1 aromatic rings. The highest BCUT2D eigenvalue weighted by Gasteiger charge is 2.24. The zero-order chi connectivity index (χ0) is 14.1. The second kappa shape index (κ2) is 5.62. The van der Waals surface area contributed by atoms with E-state index in [4.69, 9.17) is 15.2 Å². The molecule has 3 rings (SSSR count). The van der Waals surface area contributed by atoms with Gasteiger partial charge in [0.2, 0.25) is 0 Å². The molecule has 0 aromatic heterocycles. The number of hydrogen-bond donors (Lipinski definition) is 1. The molecule has 0 amide bonds. The monoisotopic (exact) mass is 276 g/mol. The zero-order valence-electron chi connectivity index (χ0n) is 12.4. The number of ether oxygens (including phenoxy) is 2. The van der Waals surface area contributed by atoms with Crippen molar-refractivity contribution in [1.29, 1.82) is 0 Å². The Balaban J connectivity index is 1.78. The van der Waals surface area contributed by atoms with Crippen LogP contribution in [0.2, 0.25) is 0 Å². The molecule has 0 radical (unpaired) electrons. The summed E-state index contributed by atoms with van der Waals surface area (Å²) < 4.78 is 11.0. The number of likely N-dealkylation sites (tertiary alicyclic amines) is 1. The third-order valence-electron chi connectivity index (χ3n) is 4.62. The van der Waals surface area contributed by atoms with Crippen molar-refractivity contribution in [2.75, 3.05) is 25.6 Å². The van der Waals surface area contributed by atoms with E-state index < -0.39 is 0 Å². The highest BCUT2D eigenvalue weighted by Crippen LogP contribution is 2.33. The zero-order valence-corrected chi connectivity index (χ0v) is 12.4. The Hall–Kier alpha value is -1.26. The number of rotatable bonds is 2. The standard InChI is InChI=1S/C16H24N2O2/c1-11-3-4-18(7-12(11)2)8-13-5-15(17)6-14-9-19-10-20-16(13)14/h5-6,11-12H,3-4,7-10,17H2,1-2H3. The summed E-state index contributed by atoms with van der Waals surface area (Å²) in [4.78, 5) is 2.51. The van der Waals surface area contributed by atoms with Crippen LogP contribution in [-0.4, -0.2) is 24.8 Å². The van der Waals surface area contributed by atoms with Crippen molar-refractivity contribution in [2.24, 2.45) is 11.8 Å². The third kappa shape index (κ3) is 2.76. The summed E-state index contributed by atoms with van der Waals surface area (Å²) in [6, 6.07) is 4.01. The van der Waals surface area contributed by atoms with Crippen molar-refractivity contribution < 1.29 is 9.47 Å². The molecule has 0 saturated carbocycles. The molecule has 4 heteroatoms. The van der Waals surface area contributed by atoms with Gasteiger partial charge in [-0.25, -0.2) is 0 Å². The molecule has 1 aromatic carbocycles. The summed E-state index contributed by atoms with van der Waals surface area (Å²) in [5, 5.41) is 0. The fourth-order valence-electron chi connectivity index (χ4n) is 3.18. The van der Waals surface area contributed by atoms with E-state index in [1.54, 1.807) is 0 Å². The first kappa shape index (κ1) is 13.7. The molecule has 20 heavy (non-hydrogen) atoms. The Morgan fingerprint density at radius 3 is 2.95 bits per heavy atom. The smallest absolute Gasteiger partial charge is 0.189 e. The maximum Gasteiger partial charge on any atom is 0.189 e. The number of hydrogen-bond acceptors (Lipinski definition) is 4. The van der Waals surface area contributed by atoms with Gasteiger partial charge in [0.25, 0.3) is 0 Å². The Labute approximate surface area is 120 Å². The summed E-state index contributed by atoms with van der Waals surface area (Å²) >= 11 is 0. The van der Waals surface area contributed by atoms with E-state index in [1.807, 2.05) is 12.1 Å². The molecule has 2 unspecified atom stereocenters. The number of piperidine rings is 1. The quantitative estimate of drug-likeness (QED) is 0.844. The summed E-state index contributed by atoms with van der Waals surface area (Å²) in [5.74, 6) is 2.56. The van der Waals surface area contributed by atoms with Crippen molar-refractivity contribution in [2.45, 2.75) is 33.4 Å². The van der Waals surface area contributed by atoms with Gasteiger partial charge in [0.1, 0.15) is 5.75 Å². The fraction of sp³-hybridized carbons (Fsp3) is 0.625. The van der Waals surface area contributed by atoms with Crippen molar-refractivity contribution >= 4 is 5.69 Å². The molecule has 2 heterocycles. The molecule has 1 saturated heterocycles. The van der Waals surface area contributed by atoms with E-state index in [-0.39, 0.29) is 0 Å². The Morgan fingerprint density at radius 2 is 2.15 bits per heavy atom. The van der Waals surface area contributed by atoms with E-state index in [1.165, 1.54) is 12.0 Å². The highest BCUT2D eigenvalue weighted by atomic mass is 16.7. The van der Waals surface area contributed by atoms with Crippen LogP contribution in [0, 0.1) is 11.8 Å². The number of nitrogens with zero attached hydrogens (tertiary/aromatic N) is 1. The summed E-state index contributed by atoms with van der Waals surface area (Å²) in [6.45, 7) is 8.87. The summed E-state index contributed by atoms with van der Waals surface area (Å²) in [5.41, 5.74) is 9.08. The summed E-state index contributed by atoms with van der Waals surface area (Å²) in [7, 11) is 0. The van der Waals surface area contributed by atoms with E-state index in [0.29, 0.717) is 13.4 Å². The maximum absolute atomic E-state index is 6.01. The fourth-order valence-corrected chi connectivity index (χ4v) is 3.18. The Bertz CT molecular complexity index is 490. The minimum Gasteiger partial charge on any atom is -0.467 e. The Morgan fingerprint density at radius 1 is 1.30 bits per heavy atom. The first-order valence-corrected chi connectivity index (χ1v) is 7.47. The van der Waals surface area contributed by atoms with Gasteiger partial charge in [-0.2, -0.15) is 0 Å². The molecular formula is C16H24N2O2. The molecule has 2 N–H and O–H groups in total. The van der Waals surface area contributed by atoms with Gasteiger partial charge in [0.05, 0.1) is 6.61 Å². The first-order chi connectivity index (χ1) is 9.63. The normalized spacial score (nSPS) is 26.9. The minimum atomic E-state index is 0.345. The minimum absolute atomic E-state index is 0.345. The topological polar surface area (TPSA) is 47.7 Å². The molecule has 0 aliphatic carbocycles. The average Bonchev–Trinajstić information content (AvgIpc) is 2.43. The predicted molar refractivity (Wildman–Crippen MR) is 79.4 cm³/mol. The van der Waals surface area contributed by atoms with Crippen molar-refractivity contribution in [3.63, 3.8) is 0 Å². The van der Waals surface area contributed by atoms with Crippen LogP contribution in [-0.2, 0) is 17.9 Å². The van der Waals surface area contributed by atoms with Crippen LogP contribution >= 0.6 is 0 Å². The van der Waals surface area contributed by atoms with E-state index in [9.17, 15) is 0 Å². The van der Waals surface area contributed by atoms with Gasteiger partial charge in [-0.1, -0.05) is 13.8 Å². The van der Waals surface area contributed by atoms with E-state index in [0.717, 1.165) is 48.5 Å². The van der Waals surface area contributed by atoms with Crippen molar-refractivity contribution in [3.05, 3.63) is 23.3 Å². The lowest BCUT2D eigenvalue weighted by Gasteiger charge is -2.36. The number of nitrogens with two attached hydrogens (primary N) is 1. The van der Waals surface area contributed by atoms with Gasteiger partial charge in [0.15, 0.2) is 6.79 Å². The van der Waals surface area contributed by atoms with Crippen LogP contribution in [0.15, 0.2) is 12.1 Å². The van der Waals surface area contributed by atoms with Crippen LogP contribution in [0.3, 0.4) is 0 Å². The summed E-state index contributed by atoms with van der Waals surface area (Å²) in [6.07, 6.45) is 1.27. The van der Waals surface area contributed by atoms with Gasteiger partial charge >= 0.3 is 0 Å². The molecule has 4 nitrogen and oxygen atoms in total. The molecule has 110 valence electrons. The molecule has 2 aliphatic rings.